The fourth-order valence-corrected chi connectivity index (χ4v) is 2.46. The normalized spacial score (nSPS) is 10.8. The Kier molecular flexibility index (Phi) is 6.22. The van der Waals surface area contributed by atoms with E-state index in [1.807, 2.05) is 31.4 Å². The summed E-state index contributed by atoms with van der Waals surface area (Å²) in [7, 11) is 3.59. The molecule has 1 N–H and O–H groups in total. The second kappa shape index (κ2) is 8.17. The molecule has 0 amide bonds. The molecule has 21 heavy (non-hydrogen) atoms. The van der Waals surface area contributed by atoms with Gasteiger partial charge in [0.05, 0.1) is 16.8 Å². The van der Waals surface area contributed by atoms with Crippen LogP contribution in [0.1, 0.15) is 11.3 Å². The zero-order chi connectivity index (χ0) is 15.1. The number of para-hydroxylation sites is 1. The summed E-state index contributed by atoms with van der Waals surface area (Å²) < 4.78 is 13.7. The number of hydrogen-bond donors (Lipinski definition) is 1. The van der Waals surface area contributed by atoms with Gasteiger partial charge < -0.3 is 14.8 Å². The van der Waals surface area contributed by atoms with Gasteiger partial charge in [-0.1, -0.05) is 12.1 Å². The maximum Gasteiger partial charge on any atom is 0.138 e. The van der Waals surface area contributed by atoms with Crippen LogP contribution in [-0.4, -0.2) is 30.0 Å². The van der Waals surface area contributed by atoms with E-state index < -0.39 is 0 Å². The van der Waals surface area contributed by atoms with Crippen molar-refractivity contribution in [3.63, 3.8) is 0 Å². The van der Waals surface area contributed by atoms with E-state index in [4.69, 9.17) is 9.47 Å². The maximum absolute atomic E-state index is 5.93. The van der Waals surface area contributed by atoms with Gasteiger partial charge in [-0.05, 0) is 28.1 Å². The molecule has 0 saturated carbocycles. The highest BCUT2D eigenvalue weighted by Gasteiger charge is 2.09. The Bertz CT molecular complexity index is 572. The molecule has 0 saturated heterocycles. The molecule has 2 aromatic rings. The lowest BCUT2D eigenvalue weighted by Gasteiger charge is -2.13. The molecule has 1 aromatic carbocycles. The molecular weight excluding hydrogens is 334 g/mol. The highest BCUT2D eigenvalue weighted by molar-refractivity contribution is 9.10. The van der Waals surface area contributed by atoms with Gasteiger partial charge in [-0.2, -0.15) is 5.10 Å². The first-order valence-electron chi connectivity index (χ1n) is 6.79. The minimum Gasteiger partial charge on any atom is -0.486 e. The number of benzene rings is 1. The van der Waals surface area contributed by atoms with E-state index in [0.717, 1.165) is 34.6 Å². The SMILES string of the molecule is COCCNCc1cccc(Br)c1OCc1ccn(C)n1. The average Bonchev–Trinajstić information content (AvgIpc) is 2.88. The van der Waals surface area contributed by atoms with Crippen molar-refractivity contribution in [2.24, 2.45) is 7.05 Å². The van der Waals surface area contributed by atoms with E-state index in [-0.39, 0.29) is 0 Å². The molecule has 1 heterocycles. The van der Waals surface area contributed by atoms with Gasteiger partial charge in [0.1, 0.15) is 12.4 Å². The largest absolute Gasteiger partial charge is 0.486 e. The minimum atomic E-state index is 0.453. The molecule has 0 aliphatic rings. The van der Waals surface area contributed by atoms with Crippen molar-refractivity contribution in [2.75, 3.05) is 20.3 Å². The predicted molar refractivity (Wildman–Crippen MR) is 85.3 cm³/mol. The molecule has 2 rings (SSSR count). The van der Waals surface area contributed by atoms with E-state index in [0.29, 0.717) is 13.2 Å². The van der Waals surface area contributed by atoms with Gasteiger partial charge in [-0.3, -0.25) is 4.68 Å². The summed E-state index contributed by atoms with van der Waals surface area (Å²) in [5.41, 5.74) is 2.02. The van der Waals surface area contributed by atoms with Crippen LogP contribution < -0.4 is 10.1 Å². The van der Waals surface area contributed by atoms with E-state index in [1.54, 1.807) is 11.8 Å². The Labute approximate surface area is 133 Å². The third kappa shape index (κ3) is 4.84. The number of nitrogens with one attached hydrogen (secondary N) is 1. The zero-order valence-corrected chi connectivity index (χ0v) is 13.9. The van der Waals surface area contributed by atoms with E-state index in [9.17, 15) is 0 Å². The molecule has 0 spiro atoms. The van der Waals surface area contributed by atoms with Crippen molar-refractivity contribution in [1.29, 1.82) is 0 Å². The van der Waals surface area contributed by atoms with E-state index in [1.165, 1.54) is 0 Å². The number of aromatic nitrogens is 2. The Morgan fingerprint density at radius 1 is 1.33 bits per heavy atom. The van der Waals surface area contributed by atoms with Crippen molar-refractivity contribution in [3.05, 3.63) is 46.2 Å². The van der Waals surface area contributed by atoms with Crippen molar-refractivity contribution in [3.8, 4) is 5.75 Å². The summed E-state index contributed by atoms with van der Waals surface area (Å²) in [4.78, 5) is 0. The third-order valence-electron chi connectivity index (χ3n) is 2.98. The molecule has 0 aliphatic heterocycles. The maximum atomic E-state index is 5.93. The van der Waals surface area contributed by atoms with Crippen molar-refractivity contribution in [2.45, 2.75) is 13.2 Å². The van der Waals surface area contributed by atoms with E-state index >= 15 is 0 Å². The van der Waals surface area contributed by atoms with Crippen LogP contribution in [0.2, 0.25) is 0 Å². The number of aryl methyl sites for hydroxylation is 1. The number of halogens is 1. The number of hydrogen-bond acceptors (Lipinski definition) is 4. The molecular formula is C15H20BrN3O2. The van der Waals surface area contributed by atoms with Gasteiger partial charge in [0, 0.05) is 39.0 Å². The van der Waals surface area contributed by atoms with E-state index in [2.05, 4.69) is 32.4 Å². The van der Waals surface area contributed by atoms with Gasteiger partial charge in [0.15, 0.2) is 0 Å². The standard InChI is InChI=1S/C15H20BrN3O2/c1-19-8-6-13(18-19)11-21-15-12(4-3-5-14(15)16)10-17-7-9-20-2/h3-6,8,17H,7,9-11H2,1-2H3. The minimum absolute atomic E-state index is 0.453. The quantitative estimate of drug-likeness (QED) is 0.740. The lowest BCUT2D eigenvalue weighted by atomic mass is 10.2. The highest BCUT2D eigenvalue weighted by Crippen LogP contribution is 2.29. The number of methoxy groups -OCH3 is 1. The van der Waals surface area contributed by atoms with Crippen LogP contribution >= 0.6 is 15.9 Å². The van der Waals surface area contributed by atoms with Crippen molar-refractivity contribution in [1.82, 2.24) is 15.1 Å². The van der Waals surface area contributed by atoms with Gasteiger partial charge in [-0.15, -0.1) is 0 Å². The van der Waals surface area contributed by atoms with Crippen LogP contribution in [0.3, 0.4) is 0 Å². The summed E-state index contributed by atoms with van der Waals surface area (Å²) in [6, 6.07) is 7.99. The van der Waals surface area contributed by atoms with Gasteiger partial charge in [0.2, 0.25) is 0 Å². The monoisotopic (exact) mass is 353 g/mol. The molecule has 0 bridgehead atoms. The molecule has 114 valence electrons. The molecule has 5 nitrogen and oxygen atoms in total. The molecule has 0 aliphatic carbocycles. The first-order valence-corrected chi connectivity index (χ1v) is 7.58. The van der Waals surface area contributed by atoms with Gasteiger partial charge in [-0.25, -0.2) is 0 Å². The highest BCUT2D eigenvalue weighted by atomic mass is 79.9. The molecule has 0 atom stereocenters. The fraction of sp³-hybridized carbons (Fsp3) is 0.400. The summed E-state index contributed by atoms with van der Waals surface area (Å²) in [5.74, 6) is 0.855. The van der Waals surface area contributed by atoms with Crippen molar-refractivity contribution >= 4 is 15.9 Å². The number of ether oxygens (including phenoxy) is 2. The fourth-order valence-electron chi connectivity index (χ4n) is 1.94. The smallest absolute Gasteiger partial charge is 0.138 e. The van der Waals surface area contributed by atoms with Crippen LogP contribution in [0.5, 0.6) is 5.75 Å². The average molecular weight is 354 g/mol. The Balaban J connectivity index is 1.99. The van der Waals surface area contributed by atoms with Crippen LogP contribution in [0, 0.1) is 0 Å². The molecule has 6 heteroatoms. The first-order chi connectivity index (χ1) is 10.2. The summed E-state index contributed by atoms with van der Waals surface area (Å²) >= 11 is 3.55. The van der Waals surface area contributed by atoms with Crippen molar-refractivity contribution < 1.29 is 9.47 Å². The Morgan fingerprint density at radius 3 is 2.90 bits per heavy atom. The summed E-state index contributed by atoms with van der Waals surface area (Å²) in [6.07, 6.45) is 1.91. The van der Waals surface area contributed by atoms with Crippen LogP contribution in [0.15, 0.2) is 34.9 Å². The summed E-state index contributed by atoms with van der Waals surface area (Å²) in [5, 5.41) is 7.64. The van der Waals surface area contributed by atoms with Crippen LogP contribution in [-0.2, 0) is 24.9 Å². The Hall–Kier alpha value is -1.37. The Morgan fingerprint density at radius 2 is 2.19 bits per heavy atom. The molecule has 0 unspecified atom stereocenters. The van der Waals surface area contributed by atoms with Gasteiger partial charge >= 0.3 is 0 Å². The topological polar surface area (TPSA) is 48.3 Å². The van der Waals surface area contributed by atoms with Crippen LogP contribution in [0.25, 0.3) is 0 Å². The summed E-state index contributed by atoms with van der Waals surface area (Å²) in [6.45, 7) is 2.69. The second-order valence-electron chi connectivity index (χ2n) is 4.67. The first kappa shape index (κ1) is 16.0. The predicted octanol–water partition coefficient (Wildman–Crippen LogP) is 2.50. The zero-order valence-electron chi connectivity index (χ0n) is 12.3. The molecule has 0 fully saturated rings. The third-order valence-corrected chi connectivity index (χ3v) is 3.60. The van der Waals surface area contributed by atoms with Gasteiger partial charge in [0.25, 0.3) is 0 Å². The number of nitrogens with zero attached hydrogens (tertiary/aromatic N) is 2. The second-order valence-corrected chi connectivity index (χ2v) is 5.52. The number of rotatable bonds is 8. The molecule has 1 aromatic heterocycles. The lowest BCUT2D eigenvalue weighted by Crippen LogP contribution is -2.19. The van der Waals surface area contributed by atoms with Crippen LogP contribution in [0.4, 0.5) is 0 Å². The molecule has 0 radical (unpaired) electrons. The lowest BCUT2D eigenvalue weighted by molar-refractivity contribution is 0.199.